The Balaban J connectivity index is 5.26. The lowest BCUT2D eigenvalue weighted by molar-refractivity contribution is -0.161. The summed E-state index contributed by atoms with van der Waals surface area (Å²) in [5.41, 5.74) is 0. The van der Waals surface area contributed by atoms with Gasteiger partial charge in [-0.1, -0.05) is 382 Å². The maximum atomic E-state index is 13.1. The first-order chi connectivity index (χ1) is 49.2. The molecule has 0 saturated heterocycles. The predicted molar refractivity (Wildman–Crippen MR) is 418 cm³/mol. The Morgan fingerprint density at radius 1 is 0.265 bits per heavy atom. The number of hydrogen-bond acceptors (Lipinski definition) is 15. The van der Waals surface area contributed by atoms with E-state index < -0.39 is 97.5 Å². The van der Waals surface area contributed by atoms with Crippen LogP contribution in [0.15, 0.2) is 0 Å². The number of esters is 4. The highest BCUT2D eigenvalue weighted by atomic mass is 31.2. The van der Waals surface area contributed by atoms with Crippen LogP contribution in [-0.4, -0.2) is 96.7 Å². The normalized spacial score (nSPS) is 13.9. The molecule has 17 nitrogen and oxygen atoms in total. The molecule has 0 aromatic rings. The van der Waals surface area contributed by atoms with Crippen LogP contribution in [0.3, 0.4) is 0 Å². The van der Waals surface area contributed by atoms with E-state index in [0.717, 1.165) is 108 Å². The Morgan fingerprint density at radius 2 is 0.451 bits per heavy atom. The highest BCUT2D eigenvalue weighted by Gasteiger charge is 2.30. The van der Waals surface area contributed by atoms with E-state index in [1.807, 2.05) is 0 Å². The van der Waals surface area contributed by atoms with Gasteiger partial charge in [-0.3, -0.25) is 37.3 Å². The van der Waals surface area contributed by atoms with Crippen LogP contribution in [0.1, 0.15) is 434 Å². The van der Waals surface area contributed by atoms with Crippen molar-refractivity contribution in [1.29, 1.82) is 0 Å². The Kier molecular flexibility index (Phi) is 71.8. The van der Waals surface area contributed by atoms with E-state index in [1.54, 1.807) is 0 Å². The maximum Gasteiger partial charge on any atom is 0.472 e. The minimum atomic E-state index is -4.96. The van der Waals surface area contributed by atoms with E-state index in [9.17, 15) is 43.2 Å². The smallest absolute Gasteiger partial charge is 0.462 e. The van der Waals surface area contributed by atoms with Crippen molar-refractivity contribution in [3.05, 3.63) is 0 Å². The summed E-state index contributed by atoms with van der Waals surface area (Å²) in [6, 6.07) is 0. The third-order valence-electron chi connectivity index (χ3n) is 19.4. The summed E-state index contributed by atoms with van der Waals surface area (Å²) in [6.45, 7) is 12.0. The zero-order chi connectivity index (χ0) is 75.1. The van der Waals surface area contributed by atoms with E-state index in [-0.39, 0.29) is 25.7 Å². The Labute approximate surface area is 626 Å². The Bertz CT molecular complexity index is 1970. The van der Waals surface area contributed by atoms with Crippen LogP contribution in [0.4, 0.5) is 0 Å². The molecule has 0 rings (SSSR count). The molecule has 0 bridgehead atoms. The number of phosphoric acid groups is 2. The Morgan fingerprint density at radius 3 is 0.667 bits per heavy atom. The zero-order valence-electron chi connectivity index (χ0n) is 67.1. The Hall–Kier alpha value is -1.94. The van der Waals surface area contributed by atoms with Gasteiger partial charge in [-0.25, -0.2) is 9.13 Å². The number of rotatable bonds is 81. The van der Waals surface area contributed by atoms with Crippen molar-refractivity contribution in [2.75, 3.05) is 39.6 Å². The molecule has 102 heavy (non-hydrogen) atoms. The van der Waals surface area contributed by atoms with Crippen LogP contribution in [0.25, 0.3) is 0 Å². The molecule has 19 heteroatoms. The standard InChI is InChI=1S/C83H162O17P2/c1-8-9-10-11-12-13-14-15-16-17-18-19-26-31-36-45-52-59-66-82(87)99-78(70-93-80(85)64-57-50-43-35-30-25-21-20-23-28-33-40-47-54-61-74(2)3)72-97-101(89,90)95-68-77(84)69-96-102(91,92)98-73-79(71-94-81(86)65-58-51-44-39-38-42-49-56-63-76(6)7)100-83(88)67-60-53-46-37-32-27-22-24-29-34-41-48-55-62-75(4)5/h74-79,84H,8-73H2,1-7H3,(H,89,90)(H,91,92)/t77-,78-,79-/m1/s1. The second kappa shape index (κ2) is 73.2. The summed E-state index contributed by atoms with van der Waals surface area (Å²) in [6.07, 6.45) is 62.4. The van der Waals surface area contributed by atoms with Crippen molar-refractivity contribution < 1.29 is 80.2 Å². The van der Waals surface area contributed by atoms with E-state index >= 15 is 0 Å². The zero-order valence-corrected chi connectivity index (χ0v) is 68.9. The van der Waals surface area contributed by atoms with Gasteiger partial charge in [-0.15, -0.1) is 0 Å². The lowest BCUT2D eigenvalue weighted by atomic mass is 10.0. The highest BCUT2D eigenvalue weighted by Crippen LogP contribution is 2.45. The third kappa shape index (κ3) is 76.3. The average molecular weight is 1490 g/mol. The predicted octanol–water partition coefficient (Wildman–Crippen LogP) is 24.9. The molecule has 606 valence electrons. The van der Waals surface area contributed by atoms with Crippen LogP contribution in [0.5, 0.6) is 0 Å². The van der Waals surface area contributed by atoms with Crippen molar-refractivity contribution >= 4 is 39.5 Å². The molecule has 5 atom stereocenters. The molecule has 0 spiro atoms. The van der Waals surface area contributed by atoms with Crippen molar-refractivity contribution in [3.8, 4) is 0 Å². The van der Waals surface area contributed by atoms with Crippen molar-refractivity contribution in [3.63, 3.8) is 0 Å². The summed E-state index contributed by atoms with van der Waals surface area (Å²) >= 11 is 0. The van der Waals surface area contributed by atoms with Crippen molar-refractivity contribution in [2.45, 2.75) is 452 Å². The summed E-state index contributed by atoms with van der Waals surface area (Å²) in [7, 11) is -9.93. The van der Waals surface area contributed by atoms with E-state index in [0.29, 0.717) is 25.7 Å². The topological polar surface area (TPSA) is 237 Å². The van der Waals surface area contributed by atoms with E-state index in [1.165, 1.54) is 244 Å². The molecule has 0 amide bonds. The number of carbonyl (C=O) groups is 4. The first-order valence-electron chi connectivity index (χ1n) is 42.8. The number of aliphatic hydroxyl groups excluding tert-OH is 1. The summed E-state index contributed by atoms with van der Waals surface area (Å²) in [5, 5.41) is 10.7. The lowest BCUT2D eigenvalue weighted by Gasteiger charge is -2.21. The molecule has 0 aromatic heterocycles. The fourth-order valence-electron chi connectivity index (χ4n) is 12.8. The molecule has 0 radical (unpaired) electrons. The molecule has 0 aliphatic heterocycles. The number of hydrogen-bond donors (Lipinski definition) is 3. The monoisotopic (exact) mass is 1490 g/mol. The van der Waals surface area contributed by atoms with Gasteiger partial charge in [0.2, 0.25) is 0 Å². The minimum Gasteiger partial charge on any atom is -0.462 e. The highest BCUT2D eigenvalue weighted by molar-refractivity contribution is 7.47. The fourth-order valence-corrected chi connectivity index (χ4v) is 14.4. The van der Waals surface area contributed by atoms with Crippen LogP contribution in [0, 0.1) is 17.8 Å². The summed E-state index contributed by atoms with van der Waals surface area (Å²) in [5.74, 6) is 0.204. The number of carbonyl (C=O) groups excluding carboxylic acids is 4. The van der Waals surface area contributed by atoms with Gasteiger partial charge >= 0.3 is 39.5 Å². The van der Waals surface area contributed by atoms with Gasteiger partial charge in [0, 0.05) is 25.7 Å². The maximum absolute atomic E-state index is 13.1. The van der Waals surface area contributed by atoms with Crippen LogP contribution in [-0.2, 0) is 65.4 Å². The van der Waals surface area contributed by atoms with Crippen LogP contribution >= 0.6 is 15.6 Å². The lowest BCUT2D eigenvalue weighted by Crippen LogP contribution is -2.30. The largest absolute Gasteiger partial charge is 0.472 e. The van der Waals surface area contributed by atoms with Crippen molar-refractivity contribution in [1.82, 2.24) is 0 Å². The van der Waals surface area contributed by atoms with Crippen LogP contribution in [0.2, 0.25) is 0 Å². The molecule has 0 heterocycles. The van der Waals surface area contributed by atoms with Gasteiger partial charge < -0.3 is 33.8 Å². The average Bonchev–Trinajstić information content (AvgIpc) is 0.911. The van der Waals surface area contributed by atoms with Gasteiger partial charge in [-0.2, -0.15) is 0 Å². The number of unbranched alkanes of at least 4 members (excludes halogenated alkanes) is 49. The molecule has 0 aromatic carbocycles. The fraction of sp³-hybridized carbons (Fsp3) is 0.952. The van der Waals surface area contributed by atoms with Crippen LogP contribution < -0.4 is 0 Å². The van der Waals surface area contributed by atoms with Gasteiger partial charge in [0.05, 0.1) is 26.4 Å². The van der Waals surface area contributed by atoms with Gasteiger partial charge in [0.25, 0.3) is 0 Å². The molecular weight excluding hydrogens is 1330 g/mol. The van der Waals surface area contributed by atoms with Gasteiger partial charge in [0.15, 0.2) is 12.2 Å². The number of aliphatic hydroxyl groups is 1. The van der Waals surface area contributed by atoms with Gasteiger partial charge in [-0.05, 0) is 43.4 Å². The SMILES string of the molecule is CCCCCCCCCCCCCCCCCCCCC(=O)O[C@H](COC(=O)CCCCCCCCCCCCCCCCC(C)C)COP(=O)(O)OC[C@@H](O)COP(=O)(O)OC[C@@H](COC(=O)CCCCCCCCCCC(C)C)OC(=O)CCCCCCCCCCCCCCCC(C)C. The molecule has 0 aliphatic rings. The first kappa shape index (κ1) is 100. The van der Waals surface area contributed by atoms with Gasteiger partial charge in [0.1, 0.15) is 19.3 Å². The van der Waals surface area contributed by atoms with E-state index in [2.05, 4.69) is 48.5 Å². The molecular formula is C83H162O17P2. The molecule has 0 fully saturated rings. The number of ether oxygens (including phenoxy) is 4. The minimum absolute atomic E-state index is 0.107. The molecule has 0 aliphatic carbocycles. The first-order valence-corrected chi connectivity index (χ1v) is 45.8. The molecule has 0 saturated carbocycles. The second-order valence-electron chi connectivity index (χ2n) is 31.3. The second-order valence-corrected chi connectivity index (χ2v) is 34.2. The third-order valence-corrected chi connectivity index (χ3v) is 21.3. The summed E-state index contributed by atoms with van der Waals surface area (Å²) < 4.78 is 68.8. The number of phosphoric ester groups is 2. The molecule has 3 N–H and O–H groups in total. The quantitative estimate of drug-likeness (QED) is 0.0222. The van der Waals surface area contributed by atoms with Crippen molar-refractivity contribution in [2.24, 2.45) is 17.8 Å². The summed E-state index contributed by atoms with van der Waals surface area (Å²) in [4.78, 5) is 73.1. The van der Waals surface area contributed by atoms with E-state index in [4.69, 9.17) is 37.0 Å². The molecule has 2 unspecified atom stereocenters.